The van der Waals surface area contributed by atoms with Crippen molar-refractivity contribution in [3.05, 3.63) is 17.5 Å². The van der Waals surface area contributed by atoms with Crippen molar-refractivity contribution in [2.45, 2.75) is 33.7 Å². The molecule has 2 nitrogen and oxygen atoms in total. The maximum Gasteiger partial charge on any atom is 0.0634 e. The van der Waals surface area contributed by atoms with Crippen molar-refractivity contribution in [1.29, 1.82) is 0 Å². The van der Waals surface area contributed by atoms with Crippen LogP contribution in [0.5, 0.6) is 0 Å². The van der Waals surface area contributed by atoms with Gasteiger partial charge < -0.3 is 0 Å². The third-order valence-electron chi connectivity index (χ3n) is 2.29. The van der Waals surface area contributed by atoms with Crippen LogP contribution in [-0.2, 0) is 0 Å². The topological polar surface area (TPSA) is 17.8 Å². The number of rotatable bonds is 3. The molecular weight excluding hydrogens is 275 g/mol. The standard InChI is InChI=1S/C10H17IN2/c1-7(2)10(6-11)13-9(4)5-8(3)12-13/h5,7,10H,6H2,1-4H3. The predicted molar refractivity (Wildman–Crippen MR) is 64.5 cm³/mol. The van der Waals surface area contributed by atoms with Crippen LogP contribution in [0.15, 0.2) is 6.07 Å². The number of hydrogen-bond acceptors (Lipinski definition) is 1. The molecule has 0 saturated carbocycles. The summed E-state index contributed by atoms with van der Waals surface area (Å²) in [5.41, 5.74) is 2.39. The van der Waals surface area contributed by atoms with E-state index in [-0.39, 0.29) is 0 Å². The van der Waals surface area contributed by atoms with Crippen LogP contribution in [0.2, 0.25) is 0 Å². The Morgan fingerprint density at radius 1 is 1.46 bits per heavy atom. The Bertz CT molecular complexity index is 278. The summed E-state index contributed by atoms with van der Waals surface area (Å²) in [5.74, 6) is 0.648. The zero-order chi connectivity index (χ0) is 10.0. The molecule has 1 rings (SSSR count). The molecule has 1 unspecified atom stereocenters. The Kier molecular flexibility index (Phi) is 3.76. The van der Waals surface area contributed by atoms with Crippen molar-refractivity contribution in [2.24, 2.45) is 5.92 Å². The molecule has 1 aromatic rings. The van der Waals surface area contributed by atoms with Gasteiger partial charge in [0.1, 0.15) is 0 Å². The number of nitrogens with zero attached hydrogens (tertiary/aromatic N) is 2. The second kappa shape index (κ2) is 4.44. The van der Waals surface area contributed by atoms with Crippen molar-refractivity contribution < 1.29 is 0 Å². The number of hydrogen-bond donors (Lipinski definition) is 0. The first kappa shape index (κ1) is 11.0. The van der Waals surface area contributed by atoms with Crippen LogP contribution < -0.4 is 0 Å². The van der Waals surface area contributed by atoms with Crippen molar-refractivity contribution in [3.8, 4) is 0 Å². The molecule has 0 N–H and O–H groups in total. The lowest BCUT2D eigenvalue weighted by Gasteiger charge is -2.20. The molecule has 3 heteroatoms. The molecular formula is C10H17IN2. The van der Waals surface area contributed by atoms with Gasteiger partial charge in [-0.15, -0.1) is 0 Å². The zero-order valence-electron chi connectivity index (χ0n) is 8.71. The van der Waals surface area contributed by atoms with Crippen LogP contribution in [0.25, 0.3) is 0 Å². The lowest BCUT2D eigenvalue weighted by Crippen LogP contribution is -2.19. The molecule has 0 aliphatic heterocycles. The first-order valence-electron chi connectivity index (χ1n) is 4.65. The van der Waals surface area contributed by atoms with E-state index in [0.717, 1.165) is 10.1 Å². The lowest BCUT2D eigenvalue weighted by atomic mass is 10.1. The van der Waals surface area contributed by atoms with Gasteiger partial charge in [-0.1, -0.05) is 36.4 Å². The monoisotopic (exact) mass is 292 g/mol. The van der Waals surface area contributed by atoms with Gasteiger partial charge in [0.2, 0.25) is 0 Å². The quantitative estimate of drug-likeness (QED) is 0.618. The summed E-state index contributed by atoms with van der Waals surface area (Å²) in [6, 6.07) is 2.68. The minimum Gasteiger partial charge on any atom is -0.266 e. The lowest BCUT2D eigenvalue weighted by molar-refractivity contribution is 0.378. The Morgan fingerprint density at radius 2 is 2.08 bits per heavy atom. The summed E-state index contributed by atoms with van der Waals surface area (Å²) in [6.45, 7) is 8.68. The Labute approximate surface area is 93.9 Å². The zero-order valence-corrected chi connectivity index (χ0v) is 10.9. The van der Waals surface area contributed by atoms with Crippen LogP contribution >= 0.6 is 22.6 Å². The highest BCUT2D eigenvalue weighted by Crippen LogP contribution is 2.21. The van der Waals surface area contributed by atoms with Gasteiger partial charge in [-0.25, -0.2) is 0 Å². The fourth-order valence-electron chi connectivity index (χ4n) is 1.51. The van der Waals surface area contributed by atoms with Gasteiger partial charge in [0.15, 0.2) is 0 Å². The Morgan fingerprint density at radius 3 is 2.38 bits per heavy atom. The second-order valence-corrected chi connectivity index (χ2v) is 4.72. The summed E-state index contributed by atoms with van der Waals surface area (Å²) in [4.78, 5) is 0. The Hall–Kier alpha value is -0.0600. The van der Waals surface area contributed by atoms with Crippen molar-refractivity contribution in [3.63, 3.8) is 0 Å². The molecule has 13 heavy (non-hydrogen) atoms. The molecule has 0 spiro atoms. The second-order valence-electron chi connectivity index (χ2n) is 3.84. The highest BCUT2D eigenvalue weighted by atomic mass is 127. The van der Waals surface area contributed by atoms with Gasteiger partial charge in [-0.05, 0) is 25.8 Å². The SMILES string of the molecule is Cc1cc(C)n(C(CI)C(C)C)n1. The molecule has 0 bridgehead atoms. The molecule has 0 amide bonds. The summed E-state index contributed by atoms with van der Waals surface area (Å²) in [5, 5.41) is 4.51. The van der Waals surface area contributed by atoms with Gasteiger partial charge in [0, 0.05) is 10.1 Å². The minimum absolute atomic E-state index is 0.536. The minimum atomic E-state index is 0.536. The smallest absolute Gasteiger partial charge is 0.0634 e. The summed E-state index contributed by atoms with van der Waals surface area (Å²) < 4.78 is 3.28. The number of halogens is 1. The van der Waals surface area contributed by atoms with Crippen LogP contribution in [0.1, 0.15) is 31.3 Å². The first-order valence-corrected chi connectivity index (χ1v) is 6.17. The molecule has 1 aromatic heterocycles. The number of alkyl halides is 1. The first-order chi connectivity index (χ1) is 6.06. The average Bonchev–Trinajstić information content (AvgIpc) is 2.31. The van der Waals surface area contributed by atoms with Gasteiger partial charge >= 0.3 is 0 Å². The predicted octanol–water partition coefficient (Wildman–Crippen LogP) is 3.13. The number of aryl methyl sites for hydroxylation is 2. The van der Waals surface area contributed by atoms with E-state index in [2.05, 4.69) is 59.2 Å². The van der Waals surface area contributed by atoms with E-state index in [0.29, 0.717) is 12.0 Å². The molecule has 74 valence electrons. The largest absolute Gasteiger partial charge is 0.266 e. The van der Waals surface area contributed by atoms with Gasteiger partial charge in [-0.3, -0.25) is 4.68 Å². The van der Waals surface area contributed by atoms with E-state index in [1.807, 2.05) is 6.92 Å². The van der Waals surface area contributed by atoms with Crippen LogP contribution in [0, 0.1) is 19.8 Å². The molecule has 0 aliphatic rings. The third-order valence-corrected chi connectivity index (χ3v) is 3.19. The normalized spacial score (nSPS) is 13.7. The molecule has 0 saturated heterocycles. The maximum atomic E-state index is 4.51. The van der Waals surface area contributed by atoms with Crippen molar-refractivity contribution in [1.82, 2.24) is 9.78 Å². The molecule has 0 fully saturated rings. The fourth-order valence-corrected chi connectivity index (χ4v) is 2.90. The maximum absolute atomic E-state index is 4.51. The van der Waals surface area contributed by atoms with Crippen molar-refractivity contribution >= 4 is 22.6 Å². The fraction of sp³-hybridized carbons (Fsp3) is 0.700. The van der Waals surface area contributed by atoms with Gasteiger partial charge in [0.05, 0.1) is 11.7 Å². The molecule has 1 heterocycles. The van der Waals surface area contributed by atoms with E-state index in [9.17, 15) is 0 Å². The molecule has 0 radical (unpaired) electrons. The van der Waals surface area contributed by atoms with E-state index in [1.165, 1.54) is 5.69 Å². The highest BCUT2D eigenvalue weighted by molar-refractivity contribution is 14.1. The average molecular weight is 292 g/mol. The highest BCUT2D eigenvalue weighted by Gasteiger charge is 2.16. The summed E-state index contributed by atoms with van der Waals surface area (Å²) in [6.07, 6.45) is 0. The Balaban J connectivity index is 2.97. The van der Waals surface area contributed by atoms with Gasteiger partial charge in [-0.2, -0.15) is 5.10 Å². The van der Waals surface area contributed by atoms with E-state index in [4.69, 9.17) is 0 Å². The van der Waals surface area contributed by atoms with E-state index in [1.54, 1.807) is 0 Å². The summed E-state index contributed by atoms with van der Waals surface area (Å²) >= 11 is 2.43. The van der Waals surface area contributed by atoms with E-state index < -0.39 is 0 Å². The van der Waals surface area contributed by atoms with Crippen LogP contribution in [0.3, 0.4) is 0 Å². The number of aromatic nitrogens is 2. The third kappa shape index (κ3) is 2.45. The summed E-state index contributed by atoms with van der Waals surface area (Å²) in [7, 11) is 0. The van der Waals surface area contributed by atoms with E-state index >= 15 is 0 Å². The van der Waals surface area contributed by atoms with Crippen LogP contribution in [-0.4, -0.2) is 14.2 Å². The molecule has 0 aliphatic carbocycles. The molecule has 0 aromatic carbocycles. The van der Waals surface area contributed by atoms with Crippen molar-refractivity contribution in [2.75, 3.05) is 4.43 Å². The molecule has 1 atom stereocenters. The van der Waals surface area contributed by atoms with Gasteiger partial charge in [0.25, 0.3) is 0 Å². The van der Waals surface area contributed by atoms with Crippen LogP contribution in [0.4, 0.5) is 0 Å².